The Bertz CT molecular complexity index is 382. The Morgan fingerprint density at radius 1 is 0.957 bits per heavy atom. The Hall–Kier alpha value is -1.11. The second kappa shape index (κ2) is 17.2. The van der Waals surface area contributed by atoms with Crippen LogP contribution in [0.4, 0.5) is 0 Å². The van der Waals surface area contributed by atoms with E-state index in [1.807, 2.05) is 0 Å². The molecule has 0 saturated heterocycles. The Morgan fingerprint density at radius 3 is 2.00 bits per heavy atom. The van der Waals surface area contributed by atoms with Gasteiger partial charge in [-0.15, -0.1) is 0 Å². The third-order valence-electron chi connectivity index (χ3n) is 4.06. The van der Waals surface area contributed by atoms with Gasteiger partial charge in [0.2, 0.25) is 0 Å². The Kier molecular flexibility index (Phi) is 18.1. The first-order valence-electron chi connectivity index (χ1n) is 9.42. The number of carbonyl (C=O) groups excluding carboxylic acids is 1. The summed E-state index contributed by atoms with van der Waals surface area (Å²) in [6, 6.07) is 6.64. The molecule has 23 heavy (non-hydrogen) atoms. The normalized spacial score (nSPS) is 10.7. The Balaban J connectivity index is 0. The van der Waals surface area contributed by atoms with Crippen LogP contribution in [-0.2, 0) is 11.2 Å². The summed E-state index contributed by atoms with van der Waals surface area (Å²) in [6.45, 7) is 14.9. The quantitative estimate of drug-likeness (QED) is 0.387. The van der Waals surface area contributed by atoms with E-state index in [1.54, 1.807) is 0 Å². The molecule has 0 aliphatic heterocycles. The van der Waals surface area contributed by atoms with Crippen LogP contribution in [0, 0.1) is 19.8 Å². The molecule has 0 spiro atoms. The zero-order chi connectivity index (χ0) is 18.1. The molecule has 0 aromatic heterocycles. The molecule has 0 fully saturated rings. The fraction of sp³-hybridized carbons (Fsp3) is 0.682. The minimum atomic E-state index is 0.750. The molecule has 1 unspecified atom stereocenters. The van der Waals surface area contributed by atoms with E-state index in [1.165, 1.54) is 62.1 Å². The third kappa shape index (κ3) is 15.6. The number of unbranched alkanes of at least 4 members (excludes halogenated alkanes) is 2. The molecule has 1 aromatic carbocycles. The summed E-state index contributed by atoms with van der Waals surface area (Å²) in [5.41, 5.74) is 4.22. The van der Waals surface area contributed by atoms with Crippen LogP contribution in [0.3, 0.4) is 0 Å². The van der Waals surface area contributed by atoms with E-state index >= 15 is 0 Å². The molecule has 1 nitrogen and oxygen atoms in total. The maximum atomic E-state index is 8.81. The Labute approximate surface area is 145 Å². The van der Waals surface area contributed by atoms with E-state index in [-0.39, 0.29) is 0 Å². The van der Waals surface area contributed by atoms with Crippen LogP contribution in [0.25, 0.3) is 0 Å². The highest BCUT2D eigenvalue weighted by molar-refractivity contribution is 5.44. The fourth-order valence-corrected chi connectivity index (χ4v) is 2.40. The molecule has 0 aliphatic rings. The molecule has 1 atom stereocenters. The van der Waals surface area contributed by atoms with Crippen LogP contribution in [0.1, 0.15) is 89.8 Å². The van der Waals surface area contributed by atoms with Crippen molar-refractivity contribution in [3.8, 4) is 0 Å². The molecule has 0 heterocycles. The summed E-state index contributed by atoms with van der Waals surface area (Å²) in [4.78, 5) is 8.81. The number of hydrogen-bond acceptors (Lipinski definition) is 1. The van der Waals surface area contributed by atoms with Gasteiger partial charge in [0.15, 0.2) is 0 Å². The first kappa shape index (κ1) is 24.1. The highest BCUT2D eigenvalue weighted by Crippen LogP contribution is 2.14. The molecule has 134 valence electrons. The van der Waals surface area contributed by atoms with Crippen molar-refractivity contribution in [2.45, 2.75) is 93.4 Å². The number of benzene rings is 1. The molecule has 0 aliphatic carbocycles. The predicted molar refractivity (Wildman–Crippen MR) is 105 cm³/mol. The number of carbonyl (C=O) groups is 1. The van der Waals surface area contributed by atoms with Gasteiger partial charge in [-0.25, -0.2) is 0 Å². The van der Waals surface area contributed by atoms with Crippen LogP contribution in [0.15, 0.2) is 18.2 Å². The number of aldehydes is 1. The van der Waals surface area contributed by atoms with Gasteiger partial charge in [0.1, 0.15) is 6.29 Å². The zero-order valence-electron chi connectivity index (χ0n) is 16.7. The van der Waals surface area contributed by atoms with Gasteiger partial charge in [-0.05, 0) is 49.8 Å². The van der Waals surface area contributed by atoms with Crippen LogP contribution >= 0.6 is 0 Å². The van der Waals surface area contributed by atoms with E-state index in [9.17, 15) is 0 Å². The average Bonchev–Trinajstić information content (AvgIpc) is 2.52. The minimum absolute atomic E-state index is 0.750. The molecule has 0 bridgehead atoms. The standard InChI is InChI=1S/C10H14.C10H22.C2H4O/c1-4-10-6-5-8(2)9(3)7-10;1-4-6-7-9-10(3)8-5-2;1-2-3/h5-7H,4H2,1-3H3;10H,4-9H2,1-3H3;2H,1H3. The van der Waals surface area contributed by atoms with Crippen molar-refractivity contribution in [1.82, 2.24) is 0 Å². The number of hydrogen-bond donors (Lipinski definition) is 0. The summed E-state index contributed by atoms with van der Waals surface area (Å²) in [5, 5.41) is 0. The first-order chi connectivity index (χ1) is 11.0. The van der Waals surface area contributed by atoms with Crippen molar-refractivity contribution < 1.29 is 4.79 Å². The molecule has 0 radical (unpaired) electrons. The van der Waals surface area contributed by atoms with E-state index < -0.39 is 0 Å². The summed E-state index contributed by atoms with van der Waals surface area (Å²) in [6.07, 6.45) is 10.3. The number of aryl methyl sites for hydroxylation is 3. The second-order valence-corrected chi connectivity index (χ2v) is 6.40. The lowest BCUT2D eigenvalue weighted by Crippen LogP contribution is -1.92. The lowest BCUT2D eigenvalue weighted by atomic mass is 9.99. The van der Waals surface area contributed by atoms with E-state index in [0.29, 0.717) is 0 Å². The van der Waals surface area contributed by atoms with Crippen molar-refractivity contribution >= 4 is 6.29 Å². The summed E-state index contributed by atoms with van der Waals surface area (Å²) >= 11 is 0. The second-order valence-electron chi connectivity index (χ2n) is 6.40. The molecular formula is C22H40O. The van der Waals surface area contributed by atoms with Crippen molar-refractivity contribution in [3.63, 3.8) is 0 Å². The van der Waals surface area contributed by atoms with Crippen LogP contribution in [0.5, 0.6) is 0 Å². The van der Waals surface area contributed by atoms with Crippen LogP contribution in [0.2, 0.25) is 0 Å². The summed E-state index contributed by atoms with van der Waals surface area (Å²) in [7, 11) is 0. The molecule has 1 aromatic rings. The van der Waals surface area contributed by atoms with Gasteiger partial charge >= 0.3 is 0 Å². The van der Waals surface area contributed by atoms with Gasteiger partial charge in [-0.2, -0.15) is 0 Å². The van der Waals surface area contributed by atoms with E-state index in [2.05, 4.69) is 59.7 Å². The lowest BCUT2D eigenvalue weighted by Gasteiger charge is -2.07. The molecule has 0 amide bonds. The van der Waals surface area contributed by atoms with Gasteiger partial charge in [0.05, 0.1) is 0 Å². The van der Waals surface area contributed by atoms with Crippen LogP contribution < -0.4 is 0 Å². The van der Waals surface area contributed by atoms with Gasteiger partial charge in [0.25, 0.3) is 0 Å². The Morgan fingerprint density at radius 2 is 1.57 bits per heavy atom. The topological polar surface area (TPSA) is 17.1 Å². The smallest absolute Gasteiger partial charge is 0.116 e. The molecule has 0 saturated carbocycles. The maximum Gasteiger partial charge on any atom is 0.116 e. The highest BCUT2D eigenvalue weighted by Gasteiger charge is 1.98. The summed E-state index contributed by atoms with van der Waals surface area (Å²) < 4.78 is 0. The number of rotatable bonds is 7. The molecule has 0 N–H and O–H groups in total. The van der Waals surface area contributed by atoms with Crippen molar-refractivity contribution in [3.05, 3.63) is 34.9 Å². The molecule has 1 heteroatoms. The van der Waals surface area contributed by atoms with E-state index in [4.69, 9.17) is 4.79 Å². The SMILES string of the molecule is CC=O.CCCCCC(C)CCC.CCc1ccc(C)c(C)c1. The molecular weight excluding hydrogens is 280 g/mol. The maximum absolute atomic E-state index is 8.81. The van der Waals surface area contributed by atoms with Gasteiger partial charge < -0.3 is 4.79 Å². The van der Waals surface area contributed by atoms with Gasteiger partial charge in [0, 0.05) is 0 Å². The van der Waals surface area contributed by atoms with Crippen molar-refractivity contribution in [2.24, 2.45) is 5.92 Å². The summed E-state index contributed by atoms with van der Waals surface area (Å²) in [5.74, 6) is 0.969. The predicted octanol–water partition coefficient (Wildman–Crippen LogP) is 7.07. The zero-order valence-corrected chi connectivity index (χ0v) is 16.7. The van der Waals surface area contributed by atoms with Crippen molar-refractivity contribution in [1.29, 1.82) is 0 Å². The van der Waals surface area contributed by atoms with E-state index in [0.717, 1.165) is 18.6 Å². The van der Waals surface area contributed by atoms with Gasteiger partial charge in [-0.3, -0.25) is 0 Å². The average molecular weight is 321 g/mol. The minimum Gasteiger partial charge on any atom is -0.304 e. The van der Waals surface area contributed by atoms with Gasteiger partial charge in [-0.1, -0.05) is 84.4 Å². The third-order valence-corrected chi connectivity index (χ3v) is 4.06. The van der Waals surface area contributed by atoms with Crippen LogP contribution in [-0.4, -0.2) is 6.29 Å². The largest absolute Gasteiger partial charge is 0.304 e. The lowest BCUT2D eigenvalue weighted by molar-refractivity contribution is -0.106. The highest BCUT2D eigenvalue weighted by atomic mass is 16.1. The van der Waals surface area contributed by atoms with Crippen molar-refractivity contribution in [2.75, 3.05) is 0 Å². The molecule has 1 rings (SSSR count). The monoisotopic (exact) mass is 320 g/mol. The fourth-order valence-electron chi connectivity index (χ4n) is 2.40. The first-order valence-corrected chi connectivity index (χ1v) is 9.42.